The van der Waals surface area contributed by atoms with E-state index in [9.17, 15) is 4.79 Å². The fourth-order valence-electron chi connectivity index (χ4n) is 2.95. The van der Waals surface area contributed by atoms with E-state index in [1.807, 2.05) is 18.5 Å². The topological polar surface area (TPSA) is 91.7 Å². The third kappa shape index (κ3) is 3.16. The van der Waals surface area contributed by atoms with Crippen LogP contribution in [0.25, 0.3) is 0 Å². The molecule has 1 aliphatic heterocycles. The molecule has 2 aromatic heterocycles. The van der Waals surface area contributed by atoms with E-state index in [2.05, 4.69) is 30.5 Å². The van der Waals surface area contributed by atoms with Gasteiger partial charge in [-0.1, -0.05) is 0 Å². The molecule has 0 unspecified atom stereocenters. The number of hydrogen-bond donors (Lipinski definition) is 2. The van der Waals surface area contributed by atoms with Gasteiger partial charge in [0.15, 0.2) is 0 Å². The molecule has 0 aliphatic carbocycles. The Bertz CT molecular complexity index is 614. The average Bonchev–Trinajstić information content (AvgIpc) is 3.20. The Morgan fingerprint density at radius 1 is 1.50 bits per heavy atom. The Balaban J connectivity index is 1.58. The lowest BCUT2D eigenvalue weighted by atomic mass is 10.2. The second-order valence-electron chi connectivity index (χ2n) is 5.74. The Morgan fingerprint density at radius 2 is 2.36 bits per heavy atom. The molecule has 8 nitrogen and oxygen atoms in total. The third-order valence-corrected chi connectivity index (χ3v) is 4.10. The minimum absolute atomic E-state index is 0.00177. The van der Waals surface area contributed by atoms with Gasteiger partial charge in [0.1, 0.15) is 12.7 Å². The molecular formula is C14H21N7O. The molecule has 1 atom stereocenters. The van der Waals surface area contributed by atoms with Crippen LogP contribution in [-0.2, 0) is 11.3 Å². The number of anilines is 1. The van der Waals surface area contributed by atoms with Gasteiger partial charge in [-0.25, -0.2) is 4.98 Å². The van der Waals surface area contributed by atoms with Crippen molar-refractivity contribution >= 4 is 11.6 Å². The van der Waals surface area contributed by atoms with Crippen LogP contribution in [0.15, 0.2) is 12.7 Å². The molecule has 2 aromatic rings. The van der Waals surface area contributed by atoms with Crippen LogP contribution < -0.4 is 5.32 Å². The molecule has 3 heterocycles. The van der Waals surface area contributed by atoms with Gasteiger partial charge in [-0.3, -0.25) is 19.5 Å². The van der Waals surface area contributed by atoms with Gasteiger partial charge in [0, 0.05) is 6.04 Å². The van der Waals surface area contributed by atoms with Crippen molar-refractivity contribution in [1.82, 2.24) is 29.9 Å². The van der Waals surface area contributed by atoms with Crippen molar-refractivity contribution in [3.05, 3.63) is 24.0 Å². The minimum atomic E-state index is -0.00177. The Labute approximate surface area is 128 Å². The zero-order chi connectivity index (χ0) is 15.5. The summed E-state index contributed by atoms with van der Waals surface area (Å²) < 4.78 is 1.82. The summed E-state index contributed by atoms with van der Waals surface area (Å²) in [5.41, 5.74) is 2.48. The number of H-pyrrole nitrogens is 1. The van der Waals surface area contributed by atoms with Crippen LogP contribution in [0, 0.1) is 13.8 Å². The van der Waals surface area contributed by atoms with E-state index in [4.69, 9.17) is 0 Å². The lowest BCUT2D eigenvalue weighted by molar-refractivity contribution is -0.117. The number of hydrogen-bond acceptors (Lipinski definition) is 5. The lowest BCUT2D eigenvalue weighted by Crippen LogP contribution is -2.39. The molecule has 0 bridgehead atoms. The Morgan fingerprint density at radius 3 is 3.05 bits per heavy atom. The van der Waals surface area contributed by atoms with Gasteiger partial charge in [0.2, 0.25) is 5.91 Å². The number of aryl methyl sites for hydroxylation is 2. The summed E-state index contributed by atoms with van der Waals surface area (Å²) in [7, 11) is 0. The first-order valence-corrected chi connectivity index (χ1v) is 7.51. The van der Waals surface area contributed by atoms with E-state index in [-0.39, 0.29) is 5.91 Å². The highest BCUT2D eigenvalue weighted by molar-refractivity contribution is 5.93. The number of amides is 1. The molecule has 118 valence electrons. The van der Waals surface area contributed by atoms with E-state index < -0.39 is 0 Å². The molecule has 8 heteroatoms. The van der Waals surface area contributed by atoms with Crippen LogP contribution in [-0.4, -0.2) is 54.9 Å². The number of likely N-dealkylation sites (tertiary alicyclic amines) is 1. The van der Waals surface area contributed by atoms with Crippen molar-refractivity contribution in [2.45, 2.75) is 39.3 Å². The molecule has 0 spiro atoms. The summed E-state index contributed by atoms with van der Waals surface area (Å²) >= 11 is 0. The van der Waals surface area contributed by atoms with Gasteiger partial charge in [0.05, 0.1) is 30.2 Å². The smallest absolute Gasteiger partial charge is 0.238 e. The third-order valence-electron chi connectivity index (χ3n) is 4.10. The summed E-state index contributed by atoms with van der Waals surface area (Å²) in [6.07, 6.45) is 5.44. The van der Waals surface area contributed by atoms with Crippen LogP contribution >= 0.6 is 0 Å². The highest BCUT2D eigenvalue weighted by Gasteiger charge is 2.27. The zero-order valence-corrected chi connectivity index (χ0v) is 12.9. The highest BCUT2D eigenvalue weighted by Crippen LogP contribution is 2.20. The fraction of sp³-hybridized carbons (Fsp3) is 0.571. The maximum atomic E-state index is 12.3. The SMILES string of the molecule is Cc1n[nH]c(C)c1NC(=O)CN1CCC[C@@H]1Cn1cncn1. The molecule has 1 fully saturated rings. The van der Waals surface area contributed by atoms with Gasteiger partial charge in [0.25, 0.3) is 0 Å². The van der Waals surface area contributed by atoms with Gasteiger partial charge in [-0.2, -0.15) is 10.2 Å². The Kier molecular flexibility index (Phi) is 4.19. The molecule has 1 amide bonds. The normalized spacial score (nSPS) is 18.7. The molecule has 0 radical (unpaired) electrons. The standard InChI is InChI=1S/C14H21N7O/c1-10-14(11(2)19-18-10)17-13(22)7-20-5-3-4-12(20)6-21-9-15-8-16-21/h8-9,12H,3-7H2,1-2H3,(H,17,22)(H,18,19)/t12-/m1/s1. The number of rotatable bonds is 5. The number of nitrogens with zero attached hydrogens (tertiary/aromatic N) is 5. The summed E-state index contributed by atoms with van der Waals surface area (Å²) in [5, 5.41) is 14.1. The first-order chi connectivity index (χ1) is 10.6. The summed E-state index contributed by atoms with van der Waals surface area (Å²) in [5.74, 6) is -0.00177. The van der Waals surface area contributed by atoms with Gasteiger partial charge >= 0.3 is 0 Å². The lowest BCUT2D eigenvalue weighted by Gasteiger charge is -2.23. The van der Waals surface area contributed by atoms with E-state index in [0.717, 1.165) is 43.0 Å². The first kappa shape index (κ1) is 14.7. The van der Waals surface area contributed by atoms with E-state index in [1.54, 1.807) is 6.33 Å². The number of nitrogens with one attached hydrogen (secondary N) is 2. The molecular weight excluding hydrogens is 282 g/mol. The van der Waals surface area contributed by atoms with E-state index >= 15 is 0 Å². The molecule has 0 aromatic carbocycles. The average molecular weight is 303 g/mol. The quantitative estimate of drug-likeness (QED) is 0.849. The number of carbonyl (C=O) groups excluding carboxylic acids is 1. The van der Waals surface area contributed by atoms with Crippen LogP contribution in [0.1, 0.15) is 24.2 Å². The predicted molar refractivity (Wildman–Crippen MR) is 81.3 cm³/mol. The number of carbonyl (C=O) groups is 1. The predicted octanol–water partition coefficient (Wildman–Crippen LogP) is 0.721. The van der Waals surface area contributed by atoms with E-state index in [0.29, 0.717) is 12.6 Å². The fourth-order valence-corrected chi connectivity index (χ4v) is 2.95. The van der Waals surface area contributed by atoms with Crippen molar-refractivity contribution < 1.29 is 4.79 Å². The van der Waals surface area contributed by atoms with Crippen molar-refractivity contribution in [2.24, 2.45) is 0 Å². The second-order valence-corrected chi connectivity index (χ2v) is 5.74. The van der Waals surface area contributed by atoms with Crippen molar-refractivity contribution in [3.8, 4) is 0 Å². The van der Waals surface area contributed by atoms with E-state index in [1.165, 1.54) is 6.33 Å². The van der Waals surface area contributed by atoms with Gasteiger partial charge in [-0.15, -0.1) is 0 Å². The zero-order valence-electron chi connectivity index (χ0n) is 12.9. The Hall–Kier alpha value is -2.22. The largest absolute Gasteiger partial charge is 0.322 e. The molecule has 22 heavy (non-hydrogen) atoms. The highest BCUT2D eigenvalue weighted by atomic mass is 16.2. The molecule has 1 saturated heterocycles. The maximum Gasteiger partial charge on any atom is 0.238 e. The number of aromatic nitrogens is 5. The van der Waals surface area contributed by atoms with Crippen LogP contribution in [0.4, 0.5) is 5.69 Å². The monoisotopic (exact) mass is 303 g/mol. The number of aromatic amines is 1. The molecule has 3 rings (SSSR count). The maximum absolute atomic E-state index is 12.3. The summed E-state index contributed by atoms with van der Waals surface area (Å²) in [4.78, 5) is 18.5. The first-order valence-electron chi connectivity index (χ1n) is 7.51. The van der Waals surface area contributed by atoms with Crippen LogP contribution in [0.5, 0.6) is 0 Å². The second kappa shape index (κ2) is 6.27. The summed E-state index contributed by atoms with van der Waals surface area (Å²) in [6.45, 7) is 5.89. The van der Waals surface area contributed by atoms with Crippen LogP contribution in [0.2, 0.25) is 0 Å². The van der Waals surface area contributed by atoms with Crippen LogP contribution in [0.3, 0.4) is 0 Å². The molecule has 2 N–H and O–H groups in total. The minimum Gasteiger partial charge on any atom is -0.322 e. The molecule has 0 saturated carbocycles. The van der Waals surface area contributed by atoms with Gasteiger partial charge in [-0.05, 0) is 33.2 Å². The van der Waals surface area contributed by atoms with Gasteiger partial charge < -0.3 is 5.32 Å². The van der Waals surface area contributed by atoms with Crippen molar-refractivity contribution in [3.63, 3.8) is 0 Å². The van der Waals surface area contributed by atoms with Crippen molar-refractivity contribution in [2.75, 3.05) is 18.4 Å². The van der Waals surface area contributed by atoms with Crippen molar-refractivity contribution in [1.29, 1.82) is 0 Å². The summed E-state index contributed by atoms with van der Waals surface area (Å²) in [6, 6.07) is 0.332. The molecule has 1 aliphatic rings.